The fraction of sp³-hybridized carbons (Fsp3) is 0.846. The normalized spacial score (nSPS) is 18.2. The maximum absolute atomic E-state index is 12.1. The summed E-state index contributed by atoms with van der Waals surface area (Å²) >= 11 is 0. The molecular weight excluding hydrogens is 244 g/mol. The summed E-state index contributed by atoms with van der Waals surface area (Å²) in [5.41, 5.74) is 0. The van der Waals surface area contributed by atoms with Crippen LogP contribution in [0.3, 0.4) is 0 Å². The largest absolute Gasteiger partial charge is 0.348 e. The molecule has 0 saturated carbocycles. The fourth-order valence-electron chi connectivity index (χ4n) is 2.16. The van der Waals surface area contributed by atoms with Crippen molar-refractivity contribution in [2.45, 2.75) is 6.92 Å². The number of piperazine rings is 1. The minimum Gasteiger partial charge on any atom is -0.348 e. The van der Waals surface area contributed by atoms with Gasteiger partial charge < -0.3 is 15.1 Å². The quantitative estimate of drug-likeness (QED) is 0.701. The van der Waals surface area contributed by atoms with E-state index in [4.69, 9.17) is 0 Å². The summed E-state index contributed by atoms with van der Waals surface area (Å²) in [5.74, 6) is 0.330. The van der Waals surface area contributed by atoms with Gasteiger partial charge >= 0.3 is 0 Å². The number of nitrogens with one attached hydrogen (secondary N) is 1. The van der Waals surface area contributed by atoms with Gasteiger partial charge in [0.25, 0.3) is 0 Å². The number of carbonyl (C=O) groups is 2. The van der Waals surface area contributed by atoms with Gasteiger partial charge in [0.15, 0.2) is 0 Å². The first-order chi connectivity index (χ1) is 8.95. The number of hydrogen-bond donors (Lipinski definition) is 1. The first-order valence-electron chi connectivity index (χ1n) is 6.81. The molecule has 1 aliphatic heterocycles. The van der Waals surface area contributed by atoms with E-state index in [1.54, 1.807) is 19.0 Å². The summed E-state index contributed by atoms with van der Waals surface area (Å²) < 4.78 is 0. The molecule has 1 saturated heterocycles. The molecule has 0 aliphatic carbocycles. The van der Waals surface area contributed by atoms with Crippen molar-refractivity contribution in [3.05, 3.63) is 0 Å². The molecule has 1 rings (SSSR count). The van der Waals surface area contributed by atoms with Crippen molar-refractivity contribution >= 4 is 11.8 Å². The Morgan fingerprint density at radius 2 is 1.79 bits per heavy atom. The Balaban J connectivity index is 2.36. The molecule has 2 amide bonds. The fourth-order valence-corrected chi connectivity index (χ4v) is 2.16. The molecule has 110 valence electrons. The van der Waals surface area contributed by atoms with Crippen LogP contribution in [0.25, 0.3) is 0 Å². The molecule has 6 heteroatoms. The van der Waals surface area contributed by atoms with Gasteiger partial charge in [0.2, 0.25) is 11.8 Å². The predicted octanol–water partition coefficient (Wildman–Crippen LogP) is -0.926. The lowest BCUT2D eigenvalue weighted by Gasteiger charge is -2.36. The second-order valence-electron chi connectivity index (χ2n) is 5.35. The Hall–Kier alpha value is -1.14. The molecule has 0 bridgehead atoms. The highest BCUT2D eigenvalue weighted by atomic mass is 16.2. The maximum Gasteiger partial charge on any atom is 0.236 e. The summed E-state index contributed by atoms with van der Waals surface area (Å²) in [7, 11) is 5.39. The van der Waals surface area contributed by atoms with Gasteiger partial charge in [-0.05, 0) is 7.05 Å². The molecule has 1 aliphatic rings. The van der Waals surface area contributed by atoms with Crippen molar-refractivity contribution in [2.75, 3.05) is 60.4 Å². The molecule has 1 atom stereocenters. The molecule has 1 heterocycles. The Morgan fingerprint density at radius 3 is 2.26 bits per heavy atom. The van der Waals surface area contributed by atoms with Crippen LogP contribution in [0, 0.1) is 5.92 Å². The Morgan fingerprint density at radius 1 is 1.21 bits per heavy atom. The van der Waals surface area contributed by atoms with E-state index in [1.807, 2.05) is 18.9 Å². The summed E-state index contributed by atoms with van der Waals surface area (Å²) in [5, 5.41) is 3.03. The summed E-state index contributed by atoms with van der Waals surface area (Å²) in [6.07, 6.45) is 0. The Bertz CT molecular complexity index is 312. The average Bonchev–Trinajstić information content (AvgIpc) is 2.39. The lowest BCUT2D eigenvalue weighted by molar-refractivity contribution is -0.137. The molecule has 0 spiro atoms. The smallest absolute Gasteiger partial charge is 0.236 e. The second kappa shape index (κ2) is 7.45. The van der Waals surface area contributed by atoms with E-state index in [1.165, 1.54) is 0 Å². The zero-order valence-electron chi connectivity index (χ0n) is 12.5. The molecule has 19 heavy (non-hydrogen) atoms. The molecule has 1 fully saturated rings. The Kier molecular flexibility index (Phi) is 6.24. The summed E-state index contributed by atoms with van der Waals surface area (Å²) in [4.78, 5) is 29.3. The topological polar surface area (TPSA) is 55.9 Å². The van der Waals surface area contributed by atoms with Gasteiger partial charge in [-0.3, -0.25) is 14.5 Å². The van der Waals surface area contributed by atoms with Crippen molar-refractivity contribution in [1.82, 2.24) is 20.0 Å². The number of likely N-dealkylation sites (N-methyl/N-ethyl adjacent to an activating group) is 1. The van der Waals surface area contributed by atoms with Crippen LogP contribution >= 0.6 is 0 Å². The molecular formula is C13H26N4O2. The van der Waals surface area contributed by atoms with Crippen molar-refractivity contribution in [1.29, 1.82) is 0 Å². The van der Waals surface area contributed by atoms with Crippen LogP contribution in [0.4, 0.5) is 0 Å². The third-order valence-corrected chi connectivity index (χ3v) is 3.47. The molecule has 1 N–H and O–H groups in total. The van der Waals surface area contributed by atoms with E-state index in [0.29, 0.717) is 26.2 Å². The standard InChI is InChI=1S/C13H26N4O2/c1-11(9-14-2)13(19)17-7-5-16(6-8-17)10-12(18)15(3)4/h11,14H,5-10H2,1-4H3. The van der Waals surface area contributed by atoms with Gasteiger partial charge in [-0.25, -0.2) is 0 Å². The van der Waals surface area contributed by atoms with E-state index in [9.17, 15) is 9.59 Å². The van der Waals surface area contributed by atoms with Crippen molar-refractivity contribution in [3.63, 3.8) is 0 Å². The van der Waals surface area contributed by atoms with Crippen LogP contribution in [0.5, 0.6) is 0 Å². The molecule has 0 aromatic rings. The van der Waals surface area contributed by atoms with Gasteiger partial charge in [-0.2, -0.15) is 0 Å². The zero-order valence-corrected chi connectivity index (χ0v) is 12.5. The lowest BCUT2D eigenvalue weighted by Crippen LogP contribution is -2.52. The van der Waals surface area contributed by atoms with Crippen LogP contribution in [0.15, 0.2) is 0 Å². The van der Waals surface area contributed by atoms with Gasteiger partial charge in [0, 0.05) is 52.7 Å². The summed E-state index contributed by atoms with van der Waals surface area (Å²) in [6.45, 7) is 6.08. The maximum atomic E-state index is 12.1. The van der Waals surface area contributed by atoms with Crippen LogP contribution < -0.4 is 5.32 Å². The molecule has 6 nitrogen and oxygen atoms in total. The second-order valence-corrected chi connectivity index (χ2v) is 5.35. The van der Waals surface area contributed by atoms with E-state index in [2.05, 4.69) is 10.2 Å². The first kappa shape index (κ1) is 15.9. The van der Waals surface area contributed by atoms with Gasteiger partial charge in [-0.1, -0.05) is 6.92 Å². The highest BCUT2D eigenvalue weighted by Crippen LogP contribution is 2.07. The van der Waals surface area contributed by atoms with E-state index >= 15 is 0 Å². The SMILES string of the molecule is CNCC(C)C(=O)N1CCN(CC(=O)N(C)C)CC1. The number of rotatable bonds is 5. The van der Waals surface area contributed by atoms with Crippen LogP contribution in [0.1, 0.15) is 6.92 Å². The predicted molar refractivity (Wildman–Crippen MR) is 74.8 cm³/mol. The molecule has 0 aromatic heterocycles. The van der Waals surface area contributed by atoms with Crippen LogP contribution in [-0.2, 0) is 9.59 Å². The van der Waals surface area contributed by atoms with E-state index < -0.39 is 0 Å². The van der Waals surface area contributed by atoms with Crippen LogP contribution in [-0.4, -0.2) is 86.9 Å². The number of nitrogens with zero attached hydrogens (tertiary/aromatic N) is 3. The Labute approximate surface area is 115 Å². The van der Waals surface area contributed by atoms with Crippen molar-refractivity contribution < 1.29 is 9.59 Å². The van der Waals surface area contributed by atoms with Crippen molar-refractivity contribution in [3.8, 4) is 0 Å². The third-order valence-electron chi connectivity index (χ3n) is 3.47. The highest BCUT2D eigenvalue weighted by molar-refractivity contribution is 5.79. The minimum absolute atomic E-state index is 0.0138. The first-order valence-corrected chi connectivity index (χ1v) is 6.81. The monoisotopic (exact) mass is 270 g/mol. The zero-order chi connectivity index (χ0) is 14.4. The van der Waals surface area contributed by atoms with E-state index in [-0.39, 0.29) is 17.7 Å². The van der Waals surface area contributed by atoms with E-state index in [0.717, 1.165) is 13.1 Å². The van der Waals surface area contributed by atoms with Gasteiger partial charge in [0.1, 0.15) is 0 Å². The van der Waals surface area contributed by atoms with Gasteiger partial charge in [-0.15, -0.1) is 0 Å². The molecule has 0 radical (unpaired) electrons. The number of hydrogen-bond acceptors (Lipinski definition) is 4. The number of amides is 2. The molecule has 0 aromatic carbocycles. The van der Waals surface area contributed by atoms with Gasteiger partial charge in [0.05, 0.1) is 6.54 Å². The lowest BCUT2D eigenvalue weighted by atomic mass is 10.1. The number of carbonyl (C=O) groups excluding carboxylic acids is 2. The summed E-state index contributed by atoms with van der Waals surface area (Å²) in [6, 6.07) is 0. The van der Waals surface area contributed by atoms with Crippen LogP contribution in [0.2, 0.25) is 0 Å². The third kappa shape index (κ3) is 4.80. The highest BCUT2D eigenvalue weighted by Gasteiger charge is 2.25. The minimum atomic E-state index is 0.0138. The average molecular weight is 270 g/mol. The van der Waals surface area contributed by atoms with Crippen molar-refractivity contribution in [2.24, 2.45) is 5.92 Å². The molecule has 1 unspecified atom stereocenters.